The number of nitrogens with one attached hydrogen (secondary N) is 1. The van der Waals surface area contributed by atoms with Crippen LogP contribution in [-0.4, -0.2) is 26.8 Å². The Morgan fingerprint density at radius 1 is 1.04 bits per heavy atom. The van der Waals surface area contributed by atoms with Crippen molar-refractivity contribution in [3.63, 3.8) is 0 Å². The van der Waals surface area contributed by atoms with E-state index in [2.05, 4.69) is 15.3 Å². The minimum absolute atomic E-state index is 0.000630. The zero-order valence-corrected chi connectivity index (χ0v) is 15.7. The van der Waals surface area contributed by atoms with Crippen LogP contribution in [0.25, 0.3) is 0 Å². The van der Waals surface area contributed by atoms with E-state index in [9.17, 15) is 4.79 Å². The first-order valence-corrected chi connectivity index (χ1v) is 9.07. The molecule has 2 aromatic heterocycles. The molecule has 1 amide bonds. The predicted molar refractivity (Wildman–Crippen MR) is 107 cm³/mol. The van der Waals surface area contributed by atoms with Crippen LogP contribution in [0.1, 0.15) is 35.3 Å². The minimum atomic E-state index is 0.000630. The number of carbonyl (C=O) groups is 1. The third-order valence-electron chi connectivity index (χ3n) is 4.28. The molecule has 0 bridgehead atoms. The van der Waals surface area contributed by atoms with Crippen LogP contribution in [0.4, 0.5) is 5.82 Å². The van der Waals surface area contributed by atoms with E-state index in [0.717, 1.165) is 11.1 Å². The molecule has 5 heteroatoms. The Morgan fingerprint density at radius 3 is 2.52 bits per heavy atom. The summed E-state index contributed by atoms with van der Waals surface area (Å²) >= 11 is 0. The van der Waals surface area contributed by atoms with Gasteiger partial charge < -0.3 is 10.2 Å². The molecular formula is C22H24N4O. The Labute approximate surface area is 160 Å². The molecule has 3 aromatic rings. The van der Waals surface area contributed by atoms with E-state index in [1.165, 1.54) is 0 Å². The van der Waals surface area contributed by atoms with Crippen molar-refractivity contribution in [3.8, 4) is 0 Å². The van der Waals surface area contributed by atoms with E-state index in [-0.39, 0.29) is 11.9 Å². The molecule has 0 radical (unpaired) electrons. The number of benzene rings is 1. The first-order valence-electron chi connectivity index (χ1n) is 9.07. The number of rotatable bonds is 7. The lowest BCUT2D eigenvalue weighted by Gasteiger charge is -2.27. The molecule has 1 aromatic carbocycles. The molecule has 0 aliphatic rings. The number of hydrogen-bond acceptors (Lipinski definition) is 4. The molecule has 0 aliphatic heterocycles. The number of aromatic nitrogens is 2. The van der Waals surface area contributed by atoms with E-state index in [1.807, 2.05) is 67.4 Å². The second-order valence-electron chi connectivity index (χ2n) is 6.66. The number of carbonyl (C=O) groups excluding carboxylic acids is 1. The molecule has 3 rings (SSSR count). The van der Waals surface area contributed by atoms with Crippen LogP contribution in [0.15, 0.2) is 73.2 Å². The van der Waals surface area contributed by atoms with Crippen LogP contribution in [-0.2, 0) is 13.1 Å². The monoisotopic (exact) mass is 360 g/mol. The molecule has 2 heterocycles. The van der Waals surface area contributed by atoms with Gasteiger partial charge in [-0.15, -0.1) is 0 Å². The zero-order chi connectivity index (χ0) is 19.1. The van der Waals surface area contributed by atoms with Gasteiger partial charge in [0.05, 0.1) is 0 Å². The standard InChI is InChI=1S/C22H24N4O/c1-17(2)26(16-18-7-4-3-5-8-18)22(27)20-10-12-24-21(13-20)25-15-19-9-6-11-23-14-19/h3-14,17H,15-16H2,1-2H3,(H,24,25). The van der Waals surface area contributed by atoms with E-state index >= 15 is 0 Å². The molecule has 0 saturated heterocycles. The van der Waals surface area contributed by atoms with Gasteiger partial charge in [0, 0.05) is 43.3 Å². The van der Waals surface area contributed by atoms with Crippen molar-refractivity contribution in [2.24, 2.45) is 0 Å². The highest BCUT2D eigenvalue weighted by Crippen LogP contribution is 2.16. The molecule has 0 atom stereocenters. The lowest BCUT2D eigenvalue weighted by Crippen LogP contribution is -2.36. The van der Waals surface area contributed by atoms with Crippen molar-refractivity contribution in [2.75, 3.05) is 5.32 Å². The third kappa shape index (κ3) is 5.14. The lowest BCUT2D eigenvalue weighted by atomic mass is 10.1. The van der Waals surface area contributed by atoms with Gasteiger partial charge in [0.15, 0.2) is 0 Å². The zero-order valence-electron chi connectivity index (χ0n) is 15.7. The van der Waals surface area contributed by atoms with E-state index < -0.39 is 0 Å². The van der Waals surface area contributed by atoms with Crippen molar-refractivity contribution < 1.29 is 4.79 Å². The van der Waals surface area contributed by atoms with E-state index in [1.54, 1.807) is 24.5 Å². The van der Waals surface area contributed by atoms with Crippen LogP contribution >= 0.6 is 0 Å². The fourth-order valence-corrected chi connectivity index (χ4v) is 2.79. The second kappa shape index (κ2) is 8.94. The van der Waals surface area contributed by atoms with Crippen LogP contribution in [0.5, 0.6) is 0 Å². The fraction of sp³-hybridized carbons (Fsp3) is 0.227. The molecule has 0 spiro atoms. The maximum absolute atomic E-state index is 13.1. The average Bonchev–Trinajstić information content (AvgIpc) is 2.71. The minimum Gasteiger partial charge on any atom is -0.366 e. The highest BCUT2D eigenvalue weighted by Gasteiger charge is 2.19. The van der Waals surface area contributed by atoms with Gasteiger partial charge in [-0.3, -0.25) is 9.78 Å². The van der Waals surface area contributed by atoms with Crippen LogP contribution in [0, 0.1) is 0 Å². The SMILES string of the molecule is CC(C)N(Cc1ccccc1)C(=O)c1ccnc(NCc2cccnc2)c1. The summed E-state index contributed by atoms with van der Waals surface area (Å²) in [6.07, 6.45) is 5.22. The van der Waals surface area contributed by atoms with Crippen molar-refractivity contribution in [1.82, 2.24) is 14.9 Å². The topological polar surface area (TPSA) is 58.1 Å². The Balaban J connectivity index is 1.72. The van der Waals surface area contributed by atoms with Gasteiger partial charge in [-0.05, 0) is 43.2 Å². The molecular weight excluding hydrogens is 336 g/mol. The van der Waals surface area contributed by atoms with Crippen molar-refractivity contribution >= 4 is 11.7 Å². The molecule has 138 valence electrons. The summed E-state index contributed by atoms with van der Waals surface area (Å²) in [7, 11) is 0. The summed E-state index contributed by atoms with van der Waals surface area (Å²) in [6.45, 7) is 5.25. The van der Waals surface area contributed by atoms with E-state index in [0.29, 0.717) is 24.5 Å². The first kappa shape index (κ1) is 18.6. The second-order valence-corrected chi connectivity index (χ2v) is 6.66. The highest BCUT2D eigenvalue weighted by atomic mass is 16.2. The Kier molecular flexibility index (Phi) is 6.15. The smallest absolute Gasteiger partial charge is 0.254 e. The van der Waals surface area contributed by atoms with Gasteiger partial charge in [-0.2, -0.15) is 0 Å². The Bertz CT molecular complexity index is 866. The fourth-order valence-electron chi connectivity index (χ4n) is 2.79. The summed E-state index contributed by atoms with van der Waals surface area (Å²) in [4.78, 5) is 23.4. The summed E-state index contributed by atoms with van der Waals surface area (Å²) < 4.78 is 0. The maximum atomic E-state index is 13.1. The third-order valence-corrected chi connectivity index (χ3v) is 4.28. The summed E-state index contributed by atoms with van der Waals surface area (Å²) in [5, 5.41) is 3.25. The lowest BCUT2D eigenvalue weighted by molar-refractivity contribution is 0.0690. The average molecular weight is 360 g/mol. The van der Waals surface area contributed by atoms with Crippen molar-refractivity contribution in [1.29, 1.82) is 0 Å². The molecule has 27 heavy (non-hydrogen) atoms. The predicted octanol–water partition coefficient (Wildman–Crippen LogP) is 4.14. The molecule has 5 nitrogen and oxygen atoms in total. The van der Waals surface area contributed by atoms with Crippen LogP contribution in [0.3, 0.4) is 0 Å². The van der Waals surface area contributed by atoms with Crippen LogP contribution < -0.4 is 5.32 Å². The normalized spacial score (nSPS) is 10.6. The Hall–Kier alpha value is -3.21. The quantitative estimate of drug-likeness (QED) is 0.688. The number of nitrogens with zero attached hydrogens (tertiary/aromatic N) is 3. The molecule has 0 aliphatic carbocycles. The van der Waals surface area contributed by atoms with Gasteiger partial charge in [-0.1, -0.05) is 36.4 Å². The number of anilines is 1. The maximum Gasteiger partial charge on any atom is 0.254 e. The number of hydrogen-bond donors (Lipinski definition) is 1. The largest absolute Gasteiger partial charge is 0.366 e. The molecule has 0 fully saturated rings. The van der Waals surface area contributed by atoms with Gasteiger partial charge in [-0.25, -0.2) is 4.98 Å². The number of pyridine rings is 2. The van der Waals surface area contributed by atoms with Crippen molar-refractivity contribution in [2.45, 2.75) is 33.0 Å². The van der Waals surface area contributed by atoms with Gasteiger partial charge in [0.2, 0.25) is 0 Å². The highest BCUT2D eigenvalue weighted by molar-refractivity contribution is 5.95. The van der Waals surface area contributed by atoms with E-state index in [4.69, 9.17) is 0 Å². The molecule has 0 unspecified atom stereocenters. The van der Waals surface area contributed by atoms with Gasteiger partial charge in [0.25, 0.3) is 5.91 Å². The van der Waals surface area contributed by atoms with Crippen molar-refractivity contribution in [3.05, 3.63) is 89.9 Å². The van der Waals surface area contributed by atoms with Crippen LogP contribution in [0.2, 0.25) is 0 Å². The van der Waals surface area contributed by atoms with Gasteiger partial charge in [0.1, 0.15) is 5.82 Å². The summed E-state index contributed by atoms with van der Waals surface area (Å²) in [5.41, 5.74) is 2.80. The molecule has 0 saturated carbocycles. The Morgan fingerprint density at radius 2 is 1.81 bits per heavy atom. The van der Waals surface area contributed by atoms with Gasteiger partial charge >= 0.3 is 0 Å². The summed E-state index contributed by atoms with van der Waals surface area (Å²) in [6, 6.07) is 17.6. The number of amides is 1. The summed E-state index contributed by atoms with van der Waals surface area (Å²) in [5.74, 6) is 0.675. The molecule has 1 N–H and O–H groups in total. The first-order chi connectivity index (χ1) is 13.1.